The first-order valence-electron chi connectivity index (χ1n) is 11.4. The van der Waals surface area contributed by atoms with Crippen molar-refractivity contribution in [2.24, 2.45) is 0 Å². The van der Waals surface area contributed by atoms with Crippen LogP contribution in [-0.4, -0.2) is 51.9 Å². The highest BCUT2D eigenvalue weighted by molar-refractivity contribution is 8.01. The lowest BCUT2D eigenvalue weighted by Crippen LogP contribution is -2.00. The zero-order valence-corrected chi connectivity index (χ0v) is 27.8. The van der Waals surface area contributed by atoms with Gasteiger partial charge in [0, 0.05) is 39.2 Å². The van der Waals surface area contributed by atoms with Gasteiger partial charge in [0.1, 0.15) is 0 Å². The Kier molecular flexibility index (Phi) is 9.03. The first-order chi connectivity index (χ1) is 20.2. The summed E-state index contributed by atoms with van der Waals surface area (Å²) in [6, 6.07) is 15.0. The van der Waals surface area contributed by atoms with Gasteiger partial charge in [0.15, 0.2) is 0 Å². The van der Waals surface area contributed by atoms with Gasteiger partial charge in [-0.1, -0.05) is 47.0 Å². The Morgan fingerprint density at radius 1 is 0.295 bits per heavy atom. The first kappa shape index (κ1) is 33.3. The molecule has 0 saturated carbocycles. The number of fused-ring (bicyclic) bond motifs is 8. The van der Waals surface area contributed by atoms with Crippen molar-refractivity contribution in [3.8, 4) is 0 Å². The second kappa shape index (κ2) is 11.9. The van der Waals surface area contributed by atoms with E-state index in [1.54, 1.807) is 0 Å². The fourth-order valence-electron chi connectivity index (χ4n) is 3.79. The highest BCUT2D eigenvalue weighted by Gasteiger charge is 2.21. The molecule has 0 fully saturated rings. The Hall–Kier alpha value is -2.08. The molecule has 0 aliphatic carbocycles. The molecule has 0 amide bonds. The summed E-state index contributed by atoms with van der Waals surface area (Å²) in [7, 11) is -19.0. The van der Waals surface area contributed by atoms with E-state index in [2.05, 4.69) is 0 Å². The molecule has 232 valence electrons. The summed E-state index contributed by atoms with van der Waals surface area (Å²) in [5, 5.41) is 0. The quantitative estimate of drug-likeness (QED) is 0.164. The molecule has 0 spiro atoms. The van der Waals surface area contributed by atoms with Crippen LogP contribution in [0.4, 0.5) is 0 Å². The van der Waals surface area contributed by atoms with Gasteiger partial charge in [-0.25, -0.2) is 0 Å². The highest BCUT2D eigenvalue weighted by atomic mass is 32.2. The minimum atomic E-state index is -4.74. The zero-order valence-electron chi connectivity index (χ0n) is 21.2. The monoisotopic (exact) mass is 752 g/mol. The summed E-state index contributed by atoms with van der Waals surface area (Å²) in [4.78, 5) is -0.431. The second-order valence-electron chi connectivity index (χ2n) is 8.87. The molecule has 1 aliphatic rings. The summed E-state index contributed by atoms with van der Waals surface area (Å²) < 4.78 is 136. The van der Waals surface area contributed by atoms with E-state index in [-0.39, 0.29) is 39.2 Å². The largest absolute Gasteiger partial charge is 0.294 e. The average Bonchev–Trinajstić information content (AvgIpc) is 2.85. The van der Waals surface area contributed by atoms with Gasteiger partial charge in [0.05, 0.1) is 19.6 Å². The van der Waals surface area contributed by atoms with Crippen LogP contribution >= 0.6 is 47.0 Å². The van der Waals surface area contributed by atoms with Crippen molar-refractivity contribution < 1.29 is 51.9 Å². The summed E-state index contributed by atoms with van der Waals surface area (Å²) >= 11 is 3.49. The van der Waals surface area contributed by atoms with Gasteiger partial charge < -0.3 is 0 Å². The predicted molar refractivity (Wildman–Crippen MR) is 162 cm³/mol. The molecule has 4 aromatic carbocycles. The summed E-state index contributed by atoms with van der Waals surface area (Å²) in [5.41, 5.74) is 0. The normalized spacial score (nSPS) is 14.3. The van der Waals surface area contributed by atoms with E-state index in [4.69, 9.17) is 0 Å². The minimum absolute atomic E-state index is 0.203. The fourth-order valence-corrected chi connectivity index (χ4v) is 11.0. The smallest absolute Gasteiger partial charge is 0.282 e. The Balaban J connectivity index is 1.81. The molecule has 44 heavy (non-hydrogen) atoms. The predicted octanol–water partition coefficient (Wildman–Crippen LogP) is 5.59. The van der Waals surface area contributed by atoms with E-state index >= 15 is 0 Å². The first-order valence-corrected chi connectivity index (χ1v) is 20.5. The van der Waals surface area contributed by atoms with Crippen LogP contribution in [0.5, 0.6) is 0 Å². The third-order valence-electron chi connectivity index (χ3n) is 5.55. The van der Waals surface area contributed by atoms with Crippen LogP contribution in [0.3, 0.4) is 0 Å². The van der Waals surface area contributed by atoms with E-state index in [1.165, 1.54) is 24.3 Å². The van der Waals surface area contributed by atoms with Crippen molar-refractivity contribution in [2.75, 3.05) is 0 Å². The molecule has 20 heteroatoms. The van der Waals surface area contributed by atoms with Gasteiger partial charge in [-0.2, -0.15) is 33.7 Å². The number of benzene rings is 4. The standard InChI is InChI=1S/C24H16O12S8/c25-41(26,27)21-5-13-1-14(6-21)38-16-3-18(10-23(8-16)43(31,32)33)40-20-4-19(11-24(12-20)44(34,35)36)39-17-2-15(37-13)7-22(9-17)42(28,29)30/h1-12H,(H,25,26,27)(H,28,29,30)(H,31,32,33)(H,34,35,36). The SMILES string of the molecule is O=S(=O)(O)c1cc2cc(c1)Sc1cc(cc(S(=O)(=O)O)c1)Sc1cc(cc(S(=O)(=O)O)c1)Sc1cc(cc(S(=O)(=O)O)c1)S2. The Morgan fingerprint density at radius 2 is 0.432 bits per heavy atom. The van der Waals surface area contributed by atoms with Crippen molar-refractivity contribution >= 4 is 87.5 Å². The van der Waals surface area contributed by atoms with Gasteiger partial charge in [0.25, 0.3) is 40.5 Å². The van der Waals surface area contributed by atoms with E-state index in [9.17, 15) is 51.9 Å². The topological polar surface area (TPSA) is 217 Å². The van der Waals surface area contributed by atoms with Crippen LogP contribution in [0.1, 0.15) is 0 Å². The van der Waals surface area contributed by atoms with Crippen LogP contribution in [0.25, 0.3) is 0 Å². The molecular weight excluding hydrogens is 737 g/mol. The van der Waals surface area contributed by atoms with Crippen molar-refractivity contribution in [3.05, 3.63) is 72.8 Å². The van der Waals surface area contributed by atoms with Gasteiger partial charge >= 0.3 is 0 Å². The average molecular weight is 753 g/mol. The van der Waals surface area contributed by atoms with Crippen LogP contribution in [0.15, 0.2) is 132 Å². The molecule has 12 nitrogen and oxygen atoms in total. The lowest BCUT2D eigenvalue weighted by molar-refractivity contribution is 0.480. The molecular formula is C24H16O12S8. The Labute approximate surface area is 269 Å². The lowest BCUT2D eigenvalue weighted by atomic mass is 10.3. The Morgan fingerprint density at radius 3 is 0.545 bits per heavy atom. The highest BCUT2D eigenvalue weighted by Crippen LogP contribution is 2.43. The lowest BCUT2D eigenvalue weighted by Gasteiger charge is -2.14. The number of hydrogen-bond donors (Lipinski definition) is 4. The van der Waals surface area contributed by atoms with Gasteiger partial charge in [-0.3, -0.25) is 18.2 Å². The van der Waals surface area contributed by atoms with E-state index in [0.717, 1.165) is 95.6 Å². The van der Waals surface area contributed by atoms with Crippen molar-refractivity contribution in [1.29, 1.82) is 0 Å². The van der Waals surface area contributed by atoms with E-state index < -0.39 is 60.1 Å². The maximum absolute atomic E-state index is 12.1. The van der Waals surface area contributed by atoms with E-state index in [0.29, 0.717) is 0 Å². The minimum Gasteiger partial charge on any atom is -0.282 e. The maximum Gasteiger partial charge on any atom is 0.294 e. The van der Waals surface area contributed by atoms with Crippen molar-refractivity contribution in [3.63, 3.8) is 0 Å². The summed E-state index contributed by atoms with van der Waals surface area (Å²) in [5.74, 6) is 0. The zero-order chi connectivity index (χ0) is 32.2. The molecule has 8 bridgehead atoms. The summed E-state index contributed by atoms with van der Waals surface area (Å²) in [6.45, 7) is 0. The molecule has 1 aliphatic heterocycles. The number of rotatable bonds is 4. The summed E-state index contributed by atoms with van der Waals surface area (Å²) in [6.07, 6.45) is 0. The van der Waals surface area contributed by atoms with Crippen LogP contribution in [0.2, 0.25) is 0 Å². The van der Waals surface area contributed by atoms with Gasteiger partial charge in [-0.15, -0.1) is 0 Å². The molecule has 0 saturated heterocycles. The number of hydrogen-bond acceptors (Lipinski definition) is 12. The molecule has 0 radical (unpaired) electrons. The van der Waals surface area contributed by atoms with Gasteiger partial charge in [0.2, 0.25) is 0 Å². The Bertz CT molecular complexity index is 1880. The third-order valence-corrected chi connectivity index (χ3v) is 12.6. The molecule has 0 aromatic heterocycles. The van der Waals surface area contributed by atoms with Crippen molar-refractivity contribution in [2.45, 2.75) is 58.7 Å². The van der Waals surface area contributed by atoms with Gasteiger partial charge in [-0.05, 0) is 72.8 Å². The maximum atomic E-state index is 12.1. The molecule has 0 atom stereocenters. The van der Waals surface area contributed by atoms with Crippen LogP contribution in [0, 0.1) is 0 Å². The van der Waals surface area contributed by atoms with Crippen LogP contribution < -0.4 is 0 Å². The molecule has 4 aromatic rings. The fraction of sp³-hybridized carbons (Fsp3) is 0. The van der Waals surface area contributed by atoms with E-state index in [1.807, 2.05) is 0 Å². The molecule has 0 unspecified atom stereocenters. The second-order valence-corrected chi connectivity index (χ2v) is 19.1. The third kappa shape index (κ3) is 8.19. The molecule has 5 rings (SSSR count). The van der Waals surface area contributed by atoms with Crippen LogP contribution in [-0.2, 0) is 40.5 Å². The van der Waals surface area contributed by atoms with Crippen molar-refractivity contribution in [1.82, 2.24) is 0 Å². The molecule has 1 heterocycles. The molecule has 4 N–H and O–H groups in total.